The first-order valence-electron chi connectivity index (χ1n) is 9.68. The van der Waals surface area contributed by atoms with Crippen LogP contribution in [-0.4, -0.2) is 38.2 Å². The third-order valence-electron chi connectivity index (χ3n) is 3.80. The summed E-state index contributed by atoms with van der Waals surface area (Å²) in [7, 11) is 4.58. The van der Waals surface area contributed by atoms with E-state index in [4.69, 9.17) is 16.3 Å². The van der Waals surface area contributed by atoms with E-state index in [9.17, 15) is 9.18 Å². The van der Waals surface area contributed by atoms with Gasteiger partial charge in [0.25, 0.3) is 0 Å². The summed E-state index contributed by atoms with van der Waals surface area (Å²) < 4.78 is 19.2. The largest absolute Gasteiger partial charge is 0.494 e. The molecule has 0 aromatic heterocycles. The van der Waals surface area contributed by atoms with Crippen LogP contribution >= 0.6 is 11.6 Å². The van der Waals surface area contributed by atoms with Crippen LogP contribution < -0.4 is 10.5 Å². The maximum absolute atomic E-state index is 14.2. The van der Waals surface area contributed by atoms with Gasteiger partial charge in [0.05, 0.1) is 18.5 Å². The monoisotopic (exact) mass is 447 g/mol. The maximum atomic E-state index is 14.2. The van der Waals surface area contributed by atoms with Crippen molar-refractivity contribution in [3.63, 3.8) is 0 Å². The molecule has 0 bridgehead atoms. The van der Waals surface area contributed by atoms with Gasteiger partial charge < -0.3 is 10.5 Å². The standard InChI is InChI=1S/C21H20ClFN2O2.C2H6.CH5N/c1-14(16-5-8-18(22)9-6-16)11-20(25(3)24-15(2)13-26)17-7-10-21(27-4)19(23)12-17;2*1-2/h5-13H,1H2,2-4H3;1-2H3;2H2,1H3/b20-11-,24-15+;;. The fourth-order valence-electron chi connectivity index (χ4n) is 2.42. The number of methoxy groups -OCH3 is 1. The molecule has 31 heavy (non-hydrogen) atoms. The fourth-order valence-corrected chi connectivity index (χ4v) is 2.54. The Balaban J connectivity index is 0.00000212. The number of hydrazone groups is 1. The molecule has 0 aliphatic rings. The van der Waals surface area contributed by atoms with Gasteiger partial charge in [-0.1, -0.05) is 44.2 Å². The van der Waals surface area contributed by atoms with E-state index in [1.54, 1.807) is 38.2 Å². The number of ether oxygens (including phenoxy) is 1. The molecule has 168 valence electrons. The normalized spacial score (nSPS) is 10.7. The lowest BCUT2D eigenvalue weighted by atomic mass is 10.0. The quantitative estimate of drug-likeness (QED) is 0.258. The maximum Gasteiger partial charge on any atom is 0.165 e. The Kier molecular flexibility index (Phi) is 13.5. The minimum Gasteiger partial charge on any atom is -0.494 e. The molecule has 2 aromatic rings. The second-order valence-corrected chi connectivity index (χ2v) is 6.23. The number of allylic oxidation sites excluding steroid dienone is 2. The van der Waals surface area contributed by atoms with Crippen LogP contribution in [0.15, 0.2) is 60.2 Å². The van der Waals surface area contributed by atoms with Crippen molar-refractivity contribution < 1.29 is 13.9 Å². The number of benzene rings is 2. The van der Waals surface area contributed by atoms with Crippen LogP contribution in [0.5, 0.6) is 5.75 Å². The molecule has 0 fully saturated rings. The third kappa shape index (κ3) is 8.74. The molecule has 0 spiro atoms. The van der Waals surface area contributed by atoms with Crippen LogP contribution in [0.3, 0.4) is 0 Å². The zero-order valence-electron chi connectivity index (χ0n) is 18.9. The van der Waals surface area contributed by atoms with Gasteiger partial charge in [0, 0.05) is 17.6 Å². The highest BCUT2D eigenvalue weighted by Gasteiger charge is 2.12. The number of rotatable bonds is 7. The van der Waals surface area contributed by atoms with E-state index in [1.165, 1.54) is 31.3 Å². The van der Waals surface area contributed by atoms with Gasteiger partial charge in [0.1, 0.15) is 0 Å². The Morgan fingerprint density at radius 3 is 2.19 bits per heavy atom. The van der Waals surface area contributed by atoms with Crippen molar-refractivity contribution in [2.45, 2.75) is 20.8 Å². The Bertz CT molecular complexity index is 910. The molecule has 7 heteroatoms. The van der Waals surface area contributed by atoms with E-state index in [-0.39, 0.29) is 11.5 Å². The van der Waals surface area contributed by atoms with Gasteiger partial charge in [0.2, 0.25) is 0 Å². The average molecular weight is 448 g/mol. The highest BCUT2D eigenvalue weighted by Crippen LogP contribution is 2.28. The predicted octanol–water partition coefficient (Wildman–Crippen LogP) is 5.65. The molecule has 2 aromatic carbocycles. The van der Waals surface area contributed by atoms with Crippen LogP contribution in [-0.2, 0) is 4.79 Å². The first kappa shape index (κ1) is 28.0. The van der Waals surface area contributed by atoms with Crippen LogP contribution in [0.4, 0.5) is 4.39 Å². The van der Waals surface area contributed by atoms with Crippen LogP contribution in [0.1, 0.15) is 31.9 Å². The zero-order chi connectivity index (χ0) is 24.0. The van der Waals surface area contributed by atoms with Gasteiger partial charge in [-0.3, -0.25) is 9.80 Å². The number of nitrogens with two attached hydrogens (primary N) is 1. The summed E-state index contributed by atoms with van der Waals surface area (Å²) in [5.41, 5.74) is 7.46. The Morgan fingerprint density at radius 1 is 1.16 bits per heavy atom. The molecule has 0 heterocycles. The average Bonchev–Trinajstić information content (AvgIpc) is 2.80. The number of hydrogen-bond acceptors (Lipinski definition) is 5. The molecule has 0 aliphatic carbocycles. The molecule has 0 aliphatic heterocycles. The summed E-state index contributed by atoms with van der Waals surface area (Å²) in [5, 5.41) is 6.33. The molecule has 0 saturated heterocycles. The van der Waals surface area contributed by atoms with Gasteiger partial charge in [-0.25, -0.2) is 4.39 Å². The molecular formula is C24H31ClFN3O2. The van der Waals surface area contributed by atoms with Gasteiger partial charge >= 0.3 is 0 Å². The minimum atomic E-state index is -0.498. The molecule has 2 rings (SSSR count). The second kappa shape index (κ2) is 14.9. The van der Waals surface area contributed by atoms with Crippen molar-refractivity contribution in [1.29, 1.82) is 0 Å². The number of carbonyl (C=O) groups excluding carboxylic acids is 1. The van der Waals surface area contributed by atoms with Crippen molar-refractivity contribution >= 4 is 34.9 Å². The summed E-state index contributed by atoms with van der Waals surface area (Å²) in [6, 6.07) is 11.8. The van der Waals surface area contributed by atoms with E-state index in [2.05, 4.69) is 17.4 Å². The Morgan fingerprint density at radius 2 is 1.71 bits per heavy atom. The van der Waals surface area contributed by atoms with Crippen LogP contribution in [0.2, 0.25) is 5.02 Å². The minimum absolute atomic E-state index is 0.143. The van der Waals surface area contributed by atoms with Crippen LogP contribution in [0, 0.1) is 5.82 Å². The molecule has 0 saturated carbocycles. The van der Waals surface area contributed by atoms with Crippen molar-refractivity contribution in [1.82, 2.24) is 5.01 Å². The molecule has 0 radical (unpaired) electrons. The summed E-state index contributed by atoms with van der Waals surface area (Å²) in [6.45, 7) is 9.66. The third-order valence-corrected chi connectivity index (χ3v) is 4.05. The van der Waals surface area contributed by atoms with Crippen molar-refractivity contribution in [2.75, 3.05) is 21.2 Å². The van der Waals surface area contributed by atoms with Crippen LogP contribution in [0.25, 0.3) is 11.3 Å². The molecule has 0 amide bonds. The Hall–Kier alpha value is -2.96. The van der Waals surface area contributed by atoms with E-state index < -0.39 is 5.82 Å². The SMILES string of the molecule is C=C(/C=C(/c1ccc(OC)c(F)c1)N(C)/N=C(\C)C=O)c1ccc(Cl)cc1.CC.CN. The lowest BCUT2D eigenvalue weighted by Gasteiger charge is -2.19. The summed E-state index contributed by atoms with van der Waals surface area (Å²) in [6.07, 6.45) is 2.42. The number of hydrogen-bond donors (Lipinski definition) is 1. The van der Waals surface area contributed by atoms with Crippen molar-refractivity contribution in [3.8, 4) is 5.75 Å². The highest BCUT2D eigenvalue weighted by molar-refractivity contribution is 6.30. The smallest absolute Gasteiger partial charge is 0.165 e. The Labute approximate surface area is 189 Å². The summed E-state index contributed by atoms with van der Waals surface area (Å²) >= 11 is 5.93. The van der Waals surface area contributed by atoms with E-state index in [1.807, 2.05) is 26.0 Å². The fraction of sp³-hybridized carbons (Fsp3) is 0.250. The zero-order valence-corrected chi connectivity index (χ0v) is 19.7. The van der Waals surface area contributed by atoms with Gasteiger partial charge in [-0.2, -0.15) is 5.10 Å². The second-order valence-electron chi connectivity index (χ2n) is 5.79. The molecule has 2 N–H and O–H groups in total. The van der Waals surface area contributed by atoms with E-state index in [0.29, 0.717) is 28.1 Å². The number of aldehydes is 1. The van der Waals surface area contributed by atoms with E-state index >= 15 is 0 Å². The molecule has 0 unspecified atom stereocenters. The number of nitrogens with zero attached hydrogens (tertiary/aromatic N) is 2. The topological polar surface area (TPSA) is 67.9 Å². The lowest BCUT2D eigenvalue weighted by molar-refractivity contribution is -0.102. The van der Waals surface area contributed by atoms with Gasteiger partial charge in [-0.15, -0.1) is 0 Å². The molecule has 5 nitrogen and oxygen atoms in total. The predicted molar refractivity (Wildman–Crippen MR) is 130 cm³/mol. The van der Waals surface area contributed by atoms with Gasteiger partial charge in [0.15, 0.2) is 17.9 Å². The molecular weight excluding hydrogens is 417 g/mol. The van der Waals surface area contributed by atoms with Crippen molar-refractivity contribution in [2.24, 2.45) is 10.8 Å². The first-order chi connectivity index (χ1) is 14.8. The lowest BCUT2D eigenvalue weighted by Crippen LogP contribution is -2.13. The van der Waals surface area contributed by atoms with E-state index in [0.717, 1.165) is 5.56 Å². The summed E-state index contributed by atoms with van der Waals surface area (Å²) in [5.74, 6) is -0.354. The van der Waals surface area contributed by atoms with Gasteiger partial charge in [-0.05, 0) is 61.5 Å². The number of carbonyl (C=O) groups is 1. The first-order valence-corrected chi connectivity index (χ1v) is 10.1. The molecule has 0 atom stereocenters. The van der Waals surface area contributed by atoms with Crippen molar-refractivity contribution in [3.05, 3.63) is 77.1 Å². The highest BCUT2D eigenvalue weighted by atomic mass is 35.5. The summed E-state index contributed by atoms with van der Waals surface area (Å²) in [4.78, 5) is 10.9. The number of halogens is 2.